The molecular weight excluding hydrogens is 180 g/mol. The summed E-state index contributed by atoms with van der Waals surface area (Å²) in [7, 11) is 5.22. The monoisotopic (exact) mass is 194 g/mol. The van der Waals surface area contributed by atoms with Gasteiger partial charge in [-0.3, -0.25) is 4.79 Å². The molecule has 76 valence electrons. The van der Waals surface area contributed by atoms with Crippen LogP contribution in [0.3, 0.4) is 0 Å². The lowest BCUT2D eigenvalue weighted by molar-refractivity contribution is 0.0963. The molecule has 4 heteroatoms. The molecule has 0 aliphatic carbocycles. The van der Waals surface area contributed by atoms with Crippen molar-refractivity contribution < 1.29 is 9.90 Å². The summed E-state index contributed by atoms with van der Waals surface area (Å²) in [6, 6.07) is 4.66. The molecule has 0 aliphatic heterocycles. The number of carbonyl (C=O) groups excluding carboxylic acids is 1. The number of phenols is 1. The third-order valence-electron chi connectivity index (χ3n) is 1.93. The fraction of sp³-hybridized carbons (Fsp3) is 0.300. The Labute approximate surface area is 83.2 Å². The highest BCUT2D eigenvalue weighted by Crippen LogP contribution is 2.23. The van der Waals surface area contributed by atoms with Crippen LogP contribution in [0.1, 0.15) is 10.4 Å². The van der Waals surface area contributed by atoms with Gasteiger partial charge in [-0.05, 0) is 12.1 Å². The molecule has 0 bridgehead atoms. The fourth-order valence-corrected chi connectivity index (χ4v) is 1.22. The summed E-state index contributed by atoms with van der Waals surface area (Å²) in [5.74, 6) is -0.00458. The second kappa shape index (κ2) is 4.00. The van der Waals surface area contributed by atoms with Crippen LogP contribution in [-0.4, -0.2) is 32.2 Å². The van der Waals surface area contributed by atoms with Crippen LogP contribution in [0.25, 0.3) is 0 Å². The molecule has 0 aliphatic rings. The van der Waals surface area contributed by atoms with Crippen molar-refractivity contribution in [3.8, 4) is 5.75 Å². The molecular formula is C10H14N2O2. The number of nitrogens with zero attached hydrogens (tertiary/aromatic N) is 1. The number of phenolic OH excluding ortho intramolecular Hbond substituents is 1. The van der Waals surface area contributed by atoms with Gasteiger partial charge >= 0.3 is 0 Å². The standard InChI is InChI=1S/C10H14N2O2/c1-11-10(14)8-5-4-7(13)6-9(8)12(2)3/h4-6,13H,1-3H3,(H,11,14). The van der Waals surface area contributed by atoms with Crippen molar-refractivity contribution in [3.05, 3.63) is 23.8 Å². The van der Waals surface area contributed by atoms with E-state index in [1.807, 2.05) is 14.1 Å². The van der Waals surface area contributed by atoms with Crippen LogP contribution in [0, 0.1) is 0 Å². The number of amides is 1. The number of aromatic hydroxyl groups is 1. The average molecular weight is 194 g/mol. The second-order valence-electron chi connectivity index (χ2n) is 3.18. The Morgan fingerprint density at radius 3 is 2.57 bits per heavy atom. The van der Waals surface area contributed by atoms with Gasteiger partial charge in [0.2, 0.25) is 0 Å². The van der Waals surface area contributed by atoms with E-state index in [1.165, 1.54) is 6.07 Å². The van der Waals surface area contributed by atoms with Crippen molar-refractivity contribution in [2.75, 3.05) is 26.0 Å². The van der Waals surface area contributed by atoms with E-state index in [-0.39, 0.29) is 11.7 Å². The molecule has 1 rings (SSSR count). The van der Waals surface area contributed by atoms with Crippen molar-refractivity contribution >= 4 is 11.6 Å². The highest BCUT2D eigenvalue weighted by molar-refractivity contribution is 5.99. The summed E-state index contributed by atoms with van der Waals surface area (Å²) in [5.41, 5.74) is 1.25. The third-order valence-corrected chi connectivity index (χ3v) is 1.93. The molecule has 0 atom stereocenters. The summed E-state index contributed by atoms with van der Waals surface area (Å²) >= 11 is 0. The van der Waals surface area contributed by atoms with Crippen molar-refractivity contribution in [2.45, 2.75) is 0 Å². The summed E-state index contributed by atoms with van der Waals surface area (Å²) in [6.07, 6.45) is 0. The molecule has 0 aromatic heterocycles. The second-order valence-corrected chi connectivity index (χ2v) is 3.18. The zero-order chi connectivity index (χ0) is 10.7. The quantitative estimate of drug-likeness (QED) is 0.732. The molecule has 0 fully saturated rings. The maximum atomic E-state index is 11.4. The lowest BCUT2D eigenvalue weighted by Gasteiger charge is -2.16. The van der Waals surface area contributed by atoms with E-state index in [9.17, 15) is 9.90 Å². The van der Waals surface area contributed by atoms with Crippen LogP contribution in [0.2, 0.25) is 0 Å². The molecule has 14 heavy (non-hydrogen) atoms. The van der Waals surface area contributed by atoms with Crippen molar-refractivity contribution in [2.24, 2.45) is 0 Å². The largest absolute Gasteiger partial charge is 0.508 e. The molecule has 1 aromatic rings. The normalized spacial score (nSPS) is 9.64. The first-order valence-electron chi connectivity index (χ1n) is 4.28. The van der Waals surface area contributed by atoms with Crippen LogP contribution in [-0.2, 0) is 0 Å². The first-order valence-corrected chi connectivity index (χ1v) is 4.28. The van der Waals surface area contributed by atoms with Gasteiger partial charge in [-0.1, -0.05) is 0 Å². The van der Waals surface area contributed by atoms with Crippen LogP contribution in [0.5, 0.6) is 5.75 Å². The Kier molecular flexibility index (Phi) is 2.96. The lowest BCUT2D eigenvalue weighted by Crippen LogP contribution is -2.21. The Balaban J connectivity index is 3.21. The molecule has 1 amide bonds. The van der Waals surface area contributed by atoms with Crippen LogP contribution in [0.15, 0.2) is 18.2 Å². The van der Waals surface area contributed by atoms with Gasteiger partial charge < -0.3 is 15.3 Å². The van der Waals surface area contributed by atoms with Crippen LogP contribution < -0.4 is 10.2 Å². The number of anilines is 1. The van der Waals surface area contributed by atoms with E-state index in [1.54, 1.807) is 24.1 Å². The van der Waals surface area contributed by atoms with E-state index in [2.05, 4.69) is 5.32 Å². The zero-order valence-corrected chi connectivity index (χ0v) is 8.53. The van der Waals surface area contributed by atoms with E-state index in [4.69, 9.17) is 0 Å². The van der Waals surface area contributed by atoms with Crippen LogP contribution >= 0.6 is 0 Å². The molecule has 0 spiro atoms. The number of carbonyl (C=O) groups is 1. The van der Waals surface area contributed by atoms with Gasteiger partial charge in [-0.15, -0.1) is 0 Å². The predicted octanol–water partition coefficient (Wildman–Crippen LogP) is 0.818. The van der Waals surface area contributed by atoms with Gasteiger partial charge in [0.15, 0.2) is 0 Å². The summed E-state index contributed by atoms with van der Waals surface area (Å²) in [5, 5.41) is 11.8. The first-order chi connectivity index (χ1) is 6.56. The van der Waals surface area contributed by atoms with Crippen molar-refractivity contribution in [1.82, 2.24) is 5.32 Å². The smallest absolute Gasteiger partial charge is 0.253 e. The molecule has 2 N–H and O–H groups in total. The van der Waals surface area contributed by atoms with E-state index >= 15 is 0 Å². The Hall–Kier alpha value is -1.71. The Morgan fingerprint density at radius 1 is 1.43 bits per heavy atom. The molecule has 4 nitrogen and oxygen atoms in total. The average Bonchev–Trinajstić information content (AvgIpc) is 2.16. The maximum absolute atomic E-state index is 11.4. The van der Waals surface area contributed by atoms with Gasteiger partial charge in [0.1, 0.15) is 5.75 Å². The topological polar surface area (TPSA) is 52.6 Å². The van der Waals surface area contributed by atoms with Gasteiger partial charge in [-0.2, -0.15) is 0 Å². The highest BCUT2D eigenvalue weighted by Gasteiger charge is 2.11. The zero-order valence-electron chi connectivity index (χ0n) is 8.53. The Morgan fingerprint density at radius 2 is 2.07 bits per heavy atom. The van der Waals surface area contributed by atoms with Gasteiger partial charge in [0.25, 0.3) is 5.91 Å². The van der Waals surface area contributed by atoms with E-state index in [0.717, 1.165) is 0 Å². The first kappa shape index (κ1) is 10.4. The van der Waals surface area contributed by atoms with Crippen molar-refractivity contribution in [3.63, 3.8) is 0 Å². The van der Waals surface area contributed by atoms with Crippen molar-refractivity contribution in [1.29, 1.82) is 0 Å². The number of rotatable bonds is 2. The minimum atomic E-state index is -0.159. The minimum Gasteiger partial charge on any atom is -0.508 e. The molecule has 0 unspecified atom stereocenters. The van der Waals surface area contributed by atoms with Gasteiger partial charge in [-0.25, -0.2) is 0 Å². The summed E-state index contributed by atoms with van der Waals surface area (Å²) in [6.45, 7) is 0. The van der Waals surface area contributed by atoms with E-state index < -0.39 is 0 Å². The molecule has 0 heterocycles. The van der Waals surface area contributed by atoms with Gasteiger partial charge in [0, 0.05) is 27.2 Å². The fourth-order valence-electron chi connectivity index (χ4n) is 1.22. The molecule has 1 aromatic carbocycles. The van der Waals surface area contributed by atoms with Gasteiger partial charge in [0.05, 0.1) is 11.3 Å². The number of benzene rings is 1. The number of hydrogen-bond donors (Lipinski definition) is 2. The number of nitrogens with one attached hydrogen (secondary N) is 1. The van der Waals surface area contributed by atoms with Crippen LogP contribution in [0.4, 0.5) is 5.69 Å². The third kappa shape index (κ3) is 1.96. The lowest BCUT2D eigenvalue weighted by atomic mass is 10.1. The predicted molar refractivity (Wildman–Crippen MR) is 55.8 cm³/mol. The summed E-state index contributed by atoms with van der Waals surface area (Å²) in [4.78, 5) is 13.2. The Bertz CT molecular complexity index is 348. The molecule has 0 saturated heterocycles. The molecule has 0 radical (unpaired) electrons. The summed E-state index contributed by atoms with van der Waals surface area (Å²) < 4.78 is 0. The number of hydrogen-bond acceptors (Lipinski definition) is 3. The highest BCUT2D eigenvalue weighted by atomic mass is 16.3. The SMILES string of the molecule is CNC(=O)c1ccc(O)cc1N(C)C. The minimum absolute atomic E-state index is 0.154. The van der Waals surface area contributed by atoms with E-state index in [0.29, 0.717) is 11.3 Å². The maximum Gasteiger partial charge on any atom is 0.253 e. The molecule has 0 saturated carbocycles.